The first-order chi connectivity index (χ1) is 8.68. The average Bonchev–Trinajstić information content (AvgIpc) is 2.37. The lowest BCUT2D eigenvalue weighted by molar-refractivity contribution is 0.0495. The van der Waals surface area contributed by atoms with Crippen molar-refractivity contribution in [3.8, 4) is 5.75 Å². The Labute approximate surface area is 107 Å². The van der Waals surface area contributed by atoms with Crippen LogP contribution in [-0.4, -0.2) is 19.8 Å². The molecule has 0 aromatic heterocycles. The van der Waals surface area contributed by atoms with Crippen molar-refractivity contribution in [2.24, 2.45) is 11.7 Å². The number of nitrogens with two attached hydrogens (primary N) is 1. The molecule has 1 heterocycles. The minimum absolute atomic E-state index is 0.297. The molecule has 4 heteroatoms. The molecule has 1 fully saturated rings. The first-order valence-corrected chi connectivity index (χ1v) is 6.43. The van der Waals surface area contributed by atoms with Crippen LogP contribution in [0.25, 0.3) is 0 Å². The predicted molar refractivity (Wildman–Crippen MR) is 68.0 cm³/mol. The first-order valence-electron chi connectivity index (χ1n) is 6.43. The monoisotopic (exact) mass is 253 g/mol. The molecule has 2 N–H and O–H groups in total. The minimum atomic E-state index is -0.365. The molecule has 1 aromatic carbocycles. The predicted octanol–water partition coefficient (Wildman–Crippen LogP) is 2.65. The number of ether oxygens (including phenoxy) is 2. The molecule has 0 radical (unpaired) electrons. The van der Waals surface area contributed by atoms with Crippen molar-refractivity contribution in [1.82, 2.24) is 0 Å². The van der Waals surface area contributed by atoms with Crippen molar-refractivity contribution in [3.63, 3.8) is 0 Å². The highest BCUT2D eigenvalue weighted by atomic mass is 19.1. The van der Waals surface area contributed by atoms with Gasteiger partial charge in [-0.25, -0.2) is 4.39 Å². The summed E-state index contributed by atoms with van der Waals surface area (Å²) >= 11 is 0. The van der Waals surface area contributed by atoms with Gasteiger partial charge in [0.1, 0.15) is 11.6 Å². The van der Waals surface area contributed by atoms with E-state index in [9.17, 15) is 4.39 Å². The summed E-state index contributed by atoms with van der Waals surface area (Å²) in [6, 6.07) is 4.48. The Morgan fingerprint density at radius 2 is 2.17 bits per heavy atom. The summed E-state index contributed by atoms with van der Waals surface area (Å²) in [4.78, 5) is 0. The van der Waals surface area contributed by atoms with Crippen molar-refractivity contribution in [2.45, 2.75) is 25.8 Å². The Morgan fingerprint density at radius 3 is 2.83 bits per heavy atom. The van der Waals surface area contributed by atoms with E-state index in [1.807, 2.05) is 0 Å². The van der Waals surface area contributed by atoms with Crippen LogP contribution in [0.1, 0.15) is 31.4 Å². The van der Waals surface area contributed by atoms with Crippen LogP contribution >= 0.6 is 0 Å². The summed E-state index contributed by atoms with van der Waals surface area (Å²) in [6.45, 7) is 3.95. The molecule has 100 valence electrons. The lowest BCUT2D eigenvalue weighted by Crippen LogP contribution is -2.22. The summed E-state index contributed by atoms with van der Waals surface area (Å²) in [5.41, 5.74) is 6.25. The molecule has 18 heavy (non-hydrogen) atoms. The van der Waals surface area contributed by atoms with Crippen LogP contribution < -0.4 is 10.5 Å². The van der Waals surface area contributed by atoms with Crippen LogP contribution in [0.2, 0.25) is 0 Å². The van der Waals surface area contributed by atoms with E-state index in [-0.39, 0.29) is 11.9 Å². The zero-order valence-electron chi connectivity index (χ0n) is 10.7. The summed E-state index contributed by atoms with van der Waals surface area (Å²) in [6.07, 6.45) is 2.01. The van der Waals surface area contributed by atoms with Crippen LogP contribution in [0.3, 0.4) is 0 Å². The lowest BCUT2D eigenvalue weighted by Gasteiger charge is -2.23. The molecule has 0 aliphatic carbocycles. The van der Waals surface area contributed by atoms with Crippen molar-refractivity contribution in [2.75, 3.05) is 19.8 Å². The maximum Gasteiger partial charge on any atom is 0.131 e. The third-order valence-corrected chi connectivity index (χ3v) is 3.28. The molecule has 1 aliphatic heterocycles. The van der Waals surface area contributed by atoms with Gasteiger partial charge in [0.2, 0.25) is 0 Å². The standard InChI is InChI=1S/C14H20FNO2/c1-10(16)14-12(15)3-2-4-13(14)18-9-11-5-7-17-8-6-11/h2-4,10-11H,5-9,16H2,1H3. The smallest absolute Gasteiger partial charge is 0.131 e. The van der Waals surface area contributed by atoms with Crippen LogP contribution in [0.5, 0.6) is 5.75 Å². The summed E-state index contributed by atoms with van der Waals surface area (Å²) in [7, 11) is 0. The van der Waals surface area contributed by atoms with E-state index >= 15 is 0 Å². The SMILES string of the molecule is CC(N)c1c(F)cccc1OCC1CCOCC1. The summed E-state index contributed by atoms with van der Waals surface area (Å²) < 4.78 is 24.7. The Kier molecular flexibility index (Phi) is 4.55. The van der Waals surface area contributed by atoms with Crippen molar-refractivity contribution in [3.05, 3.63) is 29.6 Å². The van der Waals surface area contributed by atoms with Crippen LogP contribution in [-0.2, 0) is 4.74 Å². The van der Waals surface area contributed by atoms with Gasteiger partial charge in [0.15, 0.2) is 0 Å². The lowest BCUT2D eigenvalue weighted by atomic mass is 10.0. The van der Waals surface area contributed by atoms with E-state index in [1.54, 1.807) is 19.1 Å². The van der Waals surface area contributed by atoms with Crippen molar-refractivity contribution < 1.29 is 13.9 Å². The Bertz CT molecular complexity index is 389. The summed E-state index contributed by atoms with van der Waals surface area (Å²) in [5.74, 6) is 0.758. The second-order valence-electron chi connectivity index (χ2n) is 4.81. The third kappa shape index (κ3) is 3.21. The van der Waals surface area contributed by atoms with Gasteiger partial charge in [0, 0.05) is 24.8 Å². The molecule has 0 spiro atoms. The molecular formula is C14H20FNO2. The largest absolute Gasteiger partial charge is 0.493 e. The van der Waals surface area contributed by atoms with Crippen LogP contribution in [0.4, 0.5) is 4.39 Å². The Hall–Kier alpha value is -1.13. The van der Waals surface area contributed by atoms with Crippen molar-refractivity contribution >= 4 is 0 Å². The quantitative estimate of drug-likeness (QED) is 0.897. The van der Waals surface area contributed by atoms with Gasteiger partial charge in [-0.05, 0) is 37.8 Å². The molecular weight excluding hydrogens is 233 g/mol. The zero-order valence-corrected chi connectivity index (χ0v) is 10.7. The maximum atomic E-state index is 13.7. The molecule has 1 aliphatic rings. The average molecular weight is 253 g/mol. The third-order valence-electron chi connectivity index (χ3n) is 3.28. The van der Waals surface area contributed by atoms with E-state index < -0.39 is 0 Å². The van der Waals surface area contributed by atoms with Gasteiger partial charge >= 0.3 is 0 Å². The van der Waals surface area contributed by atoms with Gasteiger partial charge in [-0.1, -0.05) is 6.07 Å². The van der Waals surface area contributed by atoms with E-state index in [0.717, 1.165) is 26.1 Å². The molecule has 1 aromatic rings. The van der Waals surface area contributed by atoms with Crippen LogP contribution in [0, 0.1) is 11.7 Å². The van der Waals surface area contributed by atoms with Gasteiger partial charge in [0.05, 0.1) is 6.61 Å². The van der Waals surface area contributed by atoms with Gasteiger partial charge < -0.3 is 15.2 Å². The fraction of sp³-hybridized carbons (Fsp3) is 0.571. The van der Waals surface area contributed by atoms with E-state index in [2.05, 4.69) is 0 Å². The second-order valence-corrected chi connectivity index (χ2v) is 4.81. The normalized spacial score (nSPS) is 18.6. The minimum Gasteiger partial charge on any atom is -0.493 e. The van der Waals surface area contributed by atoms with Crippen LogP contribution in [0.15, 0.2) is 18.2 Å². The molecule has 1 saturated heterocycles. The zero-order chi connectivity index (χ0) is 13.0. The summed E-state index contributed by atoms with van der Waals surface area (Å²) in [5, 5.41) is 0. The number of rotatable bonds is 4. The molecule has 1 atom stereocenters. The first kappa shape index (κ1) is 13.3. The van der Waals surface area contributed by atoms with E-state index in [4.69, 9.17) is 15.2 Å². The van der Waals surface area contributed by atoms with E-state index in [0.29, 0.717) is 23.8 Å². The highest BCUT2D eigenvalue weighted by Crippen LogP contribution is 2.27. The highest BCUT2D eigenvalue weighted by molar-refractivity contribution is 5.36. The fourth-order valence-electron chi connectivity index (χ4n) is 2.21. The second kappa shape index (κ2) is 6.16. The van der Waals surface area contributed by atoms with Gasteiger partial charge in [-0.2, -0.15) is 0 Å². The number of hydrogen-bond donors (Lipinski definition) is 1. The number of hydrogen-bond acceptors (Lipinski definition) is 3. The van der Waals surface area contributed by atoms with Gasteiger partial charge in [0.25, 0.3) is 0 Å². The number of halogens is 1. The fourth-order valence-corrected chi connectivity index (χ4v) is 2.21. The van der Waals surface area contributed by atoms with Gasteiger partial charge in [-0.3, -0.25) is 0 Å². The van der Waals surface area contributed by atoms with Gasteiger partial charge in [-0.15, -0.1) is 0 Å². The van der Waals surface area contributed by atoms with Crippen molar-refractivity contribution in [1.29, 1.82) is 0 Å². The molecule has 2 rings (SSSR count). The molecule has 0 bridgehead atoms. The topological polar surface area (TPSA) is 44.5 Å². The molecule has 1 unspecified atom stereocenters. The molecule has 3 nitrogen and oxygen atoms in total. The highest BCUT2D eigenvalue weighted by Gasteiger charge is 2.17. The van der Waals surface area contributed by atoms with E-state index in [1.165, 1.54) is 6.07 Å². The number of benzene rings is 1. The Balaban J connectivity index is 2.02. The maximum absolute atomic E-state index is 13.7. The Morgan fingerprint density at radius 1 is 1.44 bits per heavy atom. The molecule has 0 amide bonds. The molecule has 0 saturated carbocycles.